The van der Waals surface area contributed by atoms with Crippen LogP contribution in [0.3, 0.4) is 0 Å². The zero-order valence-electron chi connectivity index (χ0n) is 15.3. The molecule has 0 aliphatic carbocycles. The summed E-state index contributed by atoms with van der Waals surface area (Å²) in [5, 5.41) is 13.7. The minimum Gasteiger partial charge on any atom is -0.394 e. The van der Waals surface area contributed by atoms with E-state index in [1.165, 1.54) is 17.7 Å². The molecule has 0 saturated carbocycles. The van der Waals surface area contributed by atoms with E-state index in [0.29, 0.717) is 6.54 Å². The lowest BCUT2D eigenvalue weighted by Crippen LogP contribution is -2.40. The minimum atomic E-state index is -0.210. The molecule has 1 heterocycles. The first-order valence-electron chi connectivity index (χ1n) is 8.35. The molecule has 1 aromatic carbocycles. The standard InChI is InChI=1S/C19H28FN3O/c1-14-18(15(2)23(21-14)10-11-24)13-22(19(3,4)5)12-16-6-8-17(20)9-7-16/h6-9,24H,10-13H2,1-5H3. The van der Waals surface area contributed by atoms with Gasteiger partial charge in [-0.15, -0.1) is 0 Å². The fraction of sp³-hybridized carbons (Fsp3) is 0.526. The van der Waals surface area contributed by atoms with Gasteiger partial charge in [0.1, 0.15) is 5.82 Å². The fourth-order valence-electron chi connectivity index (χ4n) is 2.81. The summed E-state index contributed by atoms with van der Waals surface area (Å²) >= 11 is 0. The summed E-state index contributed by atoms with van der Waals surface area (Å²) in [6.45, 7) is 12.7. The fourth-order valence-corrected chi connectivity index (χ4v) is 2.81. The lowest BCUT2D eigenvalue weighted by Gasteiger charge is -2.36. The average molecular weight is 333 g/mol. The third-order valence-corrected chi connectivity index (χ3v) is 4.43. The van der Waals surface area contributed by atoms with Gasteiger partial charge < -0.3 is 5.11 Å². The molecule has 1 N–H and O–H groups in total. The maximum Gasteiger partial charge on any atom is 0.123 e. The minimum absolute atomic E-state index is 0.0354. The number of aromatic nitrogens is 2. The maximum atomic E-state index is 13.1. The van der Waals surface area contributed by atoms with Crippen molar-refractivity contribution in [2.75, 3.05) is 6.61 Å². The van der Waals surface area contributed by atoms with Crippen LogP contribution in [-0.2, 0) is 19.6 Å². The Morgan fingerprint density at radius 2 is 1.75 bits per heavy atom. The van der Waals surface area contributed by atoms with Crippen LogP contribution < -0.4 is 0 Å². The Bertz CT molecular complexity index is 671. The van der Waals surface area contributed by atoms with Crippen molar-refractivity contribution in [3.05, 3.63) is 52.6 Å². The second-order valence-corrected chi connectivity index (χ2v) is 7.25. The van der Waals surface area contributed by atoms with Gasteiger partial charge in [-0.2, -0.15) is 5.10 Å². The van der Waals surface area contributed by atoms with Crippen molar-refractivity contribution in [1.29, 1.82) is 0 Å². The van der Waals surface area contributed by atoms with Crippen LogP contribution in [0.4, 0.5) is 4.39 Å². The second-order valence-electron chi connectivity index (χ2n) is 7.25. The maximum absolute atomic E-state index is 13.1. The van der Waals surface area contributed by atoms with E-state index in [0.717, 1.165) is 30.0 Å². The van der Waals surface area contributed by atoms with Gasteiger partial charge in [-0.3, -0.25) is 9.58 Å². The Labute approximate surface area is 143 Å². The topological polar surface area (TPSA) is 41.3 Å². The van der Waals surface area contributed by atoms with E-state index < -0.39 is 0 Å². The van der Waals surface area contributed by atoms with E-state index >= 15 is 0 Å². The number of halogens is 1. The molecule has 0 bridgehead atoms. The van der Waals surface area contributed by atoms with E-state index in [1.807, 2.05) is 30.7 Å². The molecule has 0 unspecified atom stereocenters. The van der Waals surface area contributed by atoms with Crippen molar-refractivity contribution in [2.24, 2.45) is 0 Å². The summed E-state index contributed by atoms with van der Waals surface area (Å²) in [6.07, 6.45) is 0. The van der Waals surface area contributed by atoms with E-state index in [-0.39, 0.29) is 18.0 Å². The van der Waals surface area contributed by atoms with Crippen LogP contribution >= 0.6 is 0 Å². The molecule has 132 valence electrons. The highest BCUT2D eigenvalue weighted by molar-refractivity contribution is 5.25. The quantitative estimate of drug-likeness (QED) is 0.880. The molecule has 0 amide bonds. The Morgan fingerprint density at radius 3 is 2.29 bits per heavy atom. The van der Waals surface area contributed by atoms with Gasteiger partial charge in [0.2, 0.25) is 0 Å². The van der Waals surface area contributed by atoms with E-state index in [9.17, 15) is 9.50 Å². The van der Waals surface area contributed by atoms with Crippen LogP contribution in [0.25, 0.3) is 0 Å². The molecule has 24 heavy (non-hydrogen) atoms. The molecule has 0 atom stereocenters. The number of hydrogen-bond acceptors (Lipinski definition) is 3. The van der Waals surface area contributed by atoms with Crippen LogP contribution in [0.15, 0.2) is 24.3 Å². The van der Waals surface area contributed by atoms with Crippen molar-refractivity contribution in [2.45, 2.75) is 59.8 Å². The third kappa shape index (κ3) is 4.42. The predicted octanol–water partition coefficient (Wildman–Crippen LogP) is 3.43. The first-order valence-corrected chi connectivity index (χ1v) is 8.35. The Balaban J connectivity index is 2.25. The molecular weight excluding hydrogens is 305 g/mol. The molecule has 0 aliphatic heterocycles. The highest BCUT2D eigenvalue weighted by Gasteiger charge is 2.24. The number of rotatable bonds is 6. The van der Waals surface area contributed by atoms with E-state index in [1.54, 1.807) is 0 Å². The zero-order valence-corrected chi connectivity index (χ0v) is 15.3. The smallest absolute Gasteiger partial charge is 0.123 e. The van der Waals surface area contributed by atoms with Crippen molar-refractivity contribution in [3.8, 4) is 0 Å². The monoisotopic (exact) mass is 333 g/mol. The second kappa shape index (κ2) is 7.45. The largest absolute Gasteiger partial charge is 0.394 e. The zero-order chi connectivity index (χ0) is 17.9. The first-order chi connectivity index (χ1) is 11.2. The number of aliphatic hydroxyl groups is 1. The summed E-state index contributed by atoms with van der Waals surface area (Å²) in [5.74, 6) is -0.210. The molecule has 2 rings (SSSR count). The van der Waals surface area contributed by atoms with Crippen LogP contribution in [0.2, 0.25) is 0 Å². The number of nitrogens with zero attached hydrogens (tertiary/aromatic N) is 3. The summed E-state index contributed by atoms with van der Waals surface area (Å²) in [5.41, 5.74) is 4.33. The van der Waals surface area contributed by atoms with Gasteiger partial charge in [0, 0.05) is 29.9 Å². The van der Waals surface area contributed by atoms with E-state index in [4.69, 9.17) is 0 Å². The van der Waals surface area contributed by atoms with E-state index in [2.05, 4.69) is 30.8 Å². The van der Waals surface area contributed by atoms with Crippen LogP contribution in [0.1, 0.15) is 43.3 Å². The highest BCUT2D eigenvalue weighted by atomic mass is 19.1. The lowest BCUT2D eigenvalue weighted by molar-refractivity contribution is 0.118. The van der Waals surface area contributed by atoms with Crippen LogP contribution in [-0.4, -0.2) is 31.9 Å². The highest BCUT2D eigenvalue weighted by Crippen LogP contribution is 2.24. The van der Waals surface area contributed by atoms with Gasteiger partial charge in [-0.05, 0) is 52.3 Å². The Hall–Kier alpha value is -1.72. The molecule has 5 heteroatoms. The molecular formula is C19H28FN3O. The summed E-state index contributed by atoms with van der Waals surface area (Å²) in [4.78, 5) is 2.36. The third-order valence-electron chi connectivity index (χ3n) is 4.43. The molecule has 2 aromatic rings. The molecule has 4 nitrogen and oxygen atoms in total. The van der Waals surface area contributed by atoms with Gasteiger partial charge in [0.25, 0.3) is 0 Å². The van der Waals surface area contributed by atoms with Gasteiger partial charge in [0.15, 0.2) is 0 Å². The van der Waals surface area contributed by atoms with Crippen molar-refractivity contribution in [3.63, 3.8) is 0 Å². The van der Waals surface area contributed by atoms with Gasteiger partial charge in [-0.25, -0.2) is 4.39 Å². The first kappa shape index (κ1) is 18.6. The number of aliphatic hydroxyl groups excluding tert-OH is 1. The number of hydrogen-bond donors (Lipinski definition) is 1. The Kier molecular flexibility index (Phi) is 5.78. The van der Waals surface area contributed by atoms with Gasteiger partial charge in [-0.1, -0.05) is 12.1 Å². The number of benzene rings is 1. The summed E-state index contributed by atoms with van der Waals surface area (Å²) in [7, 11) is 0. The number of aryl methyl sites for hydroxylation is 1. The predicted molar refractivity (Wildman–Crippen MR) is 94.2 cm³/mol. The van der Waals surface area contributed by atoms with Crippen LogP contribution in [0, 0.1) is 19.7 Å². The molecule has 1 aromatic heterocycles. The average Bonchev–Trinajstić information content (AvgIpc) is 2.75. The molecule has 0 aliphatic rings. The van der Waals surface area contributed by atoms with Crippen molar-refractivity contribution in [1.82, 2.24) is 14.7 Å². The molecule has 0 spiro atoms. The van der Waals surface area contributed by atoms with Gasteiger partial charge in [0.05, 0.1) is 18.8 Å². The molecule has 0 saturated heterocycles. The van der Waals surface area contributed by atoms with Crippen LogP contribution in [0.5, 0.6) is 0 Å². The summed E-state index contributed by atoms with van der Waals surface area (Å²) in [6, 6.07) is 6.68. The Morgan fingerprint density at radius 1 is 1.12 bits per heavy atom. The molecule has 0 fully saturated rings. The lowest BCUT2D eigenvalue weighted by atomic mass is 10.0. The van der Waals surface area contributed by atoms with Gasteiger partial charge >= 0.3 is 0 Å². The SMILES string of the molecule is Cc1nn(CCO)c(C)c1CN(Cc1ccc(F)cc1)C(C)(C)C. The summed E-state index contributed by atoms with van der Waals surface area (Å²) < 4.78 is 15.0. The van der Waals surface area contributed by atoms with Crippen molar-refractivity contribution >= 4 is 0 Å². The van der Waals surface area contributed by atoms with Crippen molar-refractivity contribution < 1.29 is 9.50 Å². The molecule has 0 radical (unpaired) electrons. The normalized spacial score (nSPS) is 12.2.